The molecule has 2 N–H and O–H groups in total. The maximum absolute atomic E-state index is 14.2. The summed E-state index contributed by atoms with van der Waals surface area (Å²) in [6.45, 7) is 0.701. The van der Waals surface area contributed by atoms with Crippen LogP contribution in [-0.2, 0) is 34.0 Å². The average Bonchev–Trinajstić information content (AvgIpc) is 3.68. The molecule has 0 unspecified atom stereocenters. The van der Waals surface area contributed by atoms with Gasteiger partial charge in [0, 0.05) is 24.4 Å². The Morgan fingerprint density at radius 2 is 1.27 bits per heavy atom. The van der Waals surface area contributed by atoms with Crippen molar-refractivity contribution >= 4 is 23.4 Å². The summed E-state index contributed by atoms with van der Waals surface area (Å²) in [6, 6.07) is 38.5. The summed E-state index contributed by atoms with van der Waals surface area (Å²) < 4.78 is 14.1. The van der Waals surface area contributed by atoms with E-state index in [1.54, 1.807) is 11.9 Å². The minimum atomic E-state index is -0.481. The molecule has 0 radical (unpaired) electrons. The minimum Gasteiger partial charge on any atom is -0.371 e. The highest BCUT2D eigenvalue weighted by Gasteiger charge is 2.34. The van der Waals surface area contributed by atoms with E-state index in [0.717, 1.165) is 73.6 Å². The fourth-order valence-corrected chi connectivity index (χ4v) is 7.88. The van der Waals surface area contributed by atoms with Gasteiger partial charge in [-0.05, 0) is 48.4 Å². The molecule has 0 spiro atoms. The van der Waals surface area contributed by atoms with Crippen molar-refractivity contribution in [1.29, 1.82) is 0 Å². The molecule has 290 valence electrons. The maximum Gasteiger partial charge on any atom is 0.276 e. The summed E-state index contributed by atoms with van der Waals surface area (Å²) in [7, 11) is 1.80. The van der Waals surface area contributed by atoms with Crippen molar-refractivity contribution in [2.24, 2.45) is 0 Å². The number of carbonyl (C=O) groups is 3. The highest BCUT2D eigenvalue weighted by molar-refractivity contribution is 6.06. The summed E-state index contributed by atoms with van der Waals surface area (Å²) in [5.41, 5.74) is 4.75. The van der Waals surface area contributed by atoms with E-state index in [1.807, 2.05) is 115 Å². The van der Waals surface area contributed by atoms with Crippen LogP contribution in [0.1, 0.15) is 83.5 Å². The third-order valence-electron chi connectivity index (χ3n) is 11.0. The summed E-state index contributed by atoms with van der Waals surface area (Å²) in [5.74, 6) is -1.10. The van der Waals surface area contributed by atoms with Gasteiger partial charge < -0.3 is 25.0 Å². The lowest BCUT2D eigenvalue weighted by atomic mass is 9.91. The van der Waals surface area contributed by atoms with Gasteiger partial charge in [-0.2, -0.15) is 5.10 Å². The van der Waals surface area contributed by atoms with Crippen LogP contribution >= 0.6 is 0 Å². The number of nitrogens with one attached hydrogen (secondary N) is 2. The molecule has 0 bridgehead atoms. The quantitative estimate of drug-likeness (QED) is 0.119. The van der Waals surface area contributed by atoms with Crippen molar-refractivity contribution in [3.05, 3.63) is 144 Å². The van der Waals surface area contributed by atoms with Crippen molar-refractivity contribution in [3.63, 3.8) is 0 Å². The van der Waals surface area contributed by atoms with Crippen LogP contribution < -0.4 is 10.6 Å². The highest BCUT2D eigenvalue weighted by Crippen LogP contribution is 2.29. The SMILES string of the molecule is CN(C(=O)Cn1nc(C(=O)Nc2ccccc2-c2ccccc2)cc1C(=O)N[C@H]1CCCC[C@@H]1OCc1ccccc1)[C@H]1CCCC[C@@H]1OCc1ccccc1. The van der Waals surface area contributed by atoms with Gasteiger partial charge in [0.25, 0.3) is 11.8 Å². The number of benzene rings is 4. The van der Waals surface area contributed by atoms with E-state index in [-0.39, 0.29) is 48.1 Å². The van der Waals surface area contributed by atoms with Gasteiger partial charge in [-0.15, -0.1) is 0 Å². The topological polar surface area (TPSA) is 115 Å². The lowest BCUT2D eigenvalue weighted by Crippen LogP contribution is -2.49. The molecular weight excluding hydrogens is 703 g/mol. The Morgan fingerprint density at radius 3 is 1.96 bits per heavy atom. The van der Waals surface area contributed by atoms with Crippen LogP contribution in [0.3, 0.4) is 0 Å². The number of ether oxygens (including phenoxy) is 2. The van der Waals surface area contributed by atoms with Crippen LogP contribution in [0.15, 0.2) is 121 Å². The zero-order valence-corrected chi connectivity index (χ0v) is 32.0. The molecule has 2 fully saturated rings. The number of aromatic nitrogens is 2. The number of likely N-dealkylation sites (N-methyl/N-ethyl adjacent to an activating group) is 1. The van der Waals surface area contributed by atoms with Gasteiger partial charge in [0.15, 0.2) is 5.69 Å². The van der Waals surface area contributed by atoms with Crippen LogP contribution in [0.2, 0.25) is 0 Å². The Hall–Kier alpha value is -5.58. The smallest absolute Gasteiger partial charge is 0.276 e. The Bertz CT molecular complexity index is 2050. The van der Waals surface area contributed by atoms with Gasteiger partial charge in [-0.25, -0.2) is 4.68 Å². The van der Waals surface area contributed by atoms with E-state index in [2.05, 4.69) is 15.7 Å². The minimum absolute atomic E-state index is 0.0377. The zero-order valence-electron chi connectivity index (χ0n) is 32.0. The number of hydrogen-bond acceptors (Lipinski definition) is 6. The largest absolute Gasteiger partial charge is 0.371 e. The first-order valence-electron chi connectivity index (χ1n) is 19.8. The van der Waals surface area contributed by atoms with Gasteiger partial charge in [0.1, 0.15) is 12.2 Å². The van der Waals surface area contributed by atoms with Crippen molar-refractivity contribution in [1.82, 2.24) is 20.0 Å². The molecule has 10 nitrogen and oxygen atoms in total. The number of hydrogen-bond donors (Lipinski definition) is 2. The van der Waals surface area contributed by atoms with E-state index in [1.165, 1.54) is 10.7 Å². The van der Waals surface area contributed by atoms with Gasteiger partial charge >= 0.3 is 0 Å². The maximum atomic E-state index is 14.2. The monoisotopic (exact) mass is 753 g/mol. The molecule has 5 aromatic rings. The second-order valence-electron chi connectivity index (χ2n) is 14.8. The van der Waals surface area contributed by atoms with Crippen LogP contribution in [0.5, 0.6) is 0 Å². The standard InChI is InChI=1S/C46H51N5O5/c1-50(40-26-14-16-28-43(40)56-32-34-19-7-3-8-20-34)44(52)30-51-41(46(54)48-38-25-13-15-27-42(38)55-31-33-17-5-2-6-18-33)29-39(49-51)45(53)47-37-24-12-11-23-36(37)35-21-9-4-10-22-35/h2-12,17-24,29,38,40,42-43H,13-16,25-28,30-32H2,1H3,(H,47,53)(H,48,54)/t38-,40-,42-,43-/m0/s1. The van der Waals surface area contributed by atoms with Crippen LogP contribution in [-0.4, -0.2) is 63.7 Å². The van der Waals surface area contributed by atoms with E-state index in [0.29, 0.717) is 18.9 Å². The second kappa shape index (κ2) is 18.8. The molecule has 4 aromatic carbocycles. The summed E-state index contributed by atoms with van der Waals surface area (Å²) in [5, 5.41) is 10.8. The first-order valence-corrected chi connectivity index (χ1v) is 19.8. The van der Waals surface area contributed by atoms with E-state index < -0.39 is 11.8 Å². The Labute approximate surface area is 329 Å². The molecule has 1 heterocycles. The number of amides is 3. The summed E-state index contributed by atoms with van der Waals surface area (Å²) >= 11 is 0. The first kappa shape index (κ1) is 38.7. The second-order valence-corrected chi connectivity index (χ2v) is 14.8. The van der Waals surface area contributed by atoms with E-state index in [4.69, 9.17) is 9.47 Å². The molecule has 2 saturated carbocycles. The third kappa shape index (κ3) is 9.80. The third-order valence-corrected chi connectivity index (χ3v) is 11.0. The number of anilines is 1. The van der Waals surface area contributed by atoms with Crippen molar-refractivity contribution < 1.29 is 23.9 Å². The Kier molecular flexibility index (Phi) is 13.0. The predicted molar refractivity (Wildman–Crippen MR) is 217 cm³/mol. The number of para-hydroxylation sites is 1. The average molecular weight is 754 g/mol. The lowest BCUT2D eigenvalue weighted by molar-refractivity contribution is -0.138. The normalized spacial score (nSPS) is 19.5. The fourth-order valence-electron chi connectivity index (χ4n) is 7.88. The molecule has 1 aromatic heterocycles. The first-order chi connectivity index (χ1) is 27.4. The molecule has 7 rings (SSSR count). The molecule has 2 aliphatic rings. The lowest BCUT2D eigenvalue weighted by Gasteiger charge is -2.38. The predicted octanol–water partition coefficient (Wildman–Crippen LogP) is 8.05. The van der Waals surface area contributed by atoms with Crippen LogP contribution in [0.4, 0.5) is 5.69 Å². The van der Waals surface area contributed by atoms with Crippen molar-refractivity contribution in [3.8, 4) is 11.1 Å². The molecule has 0 saturated heterocycles. The highest BCUT2D eigenvalue weighted by atomic mass is 16.5. The summed E-state index contributed by atoms with van der Waals surface area (Å²) in [4.78, 5) is 43.9. The van der Waals surface area contributed by atoms with Gasteiger partial charge in [-0.3, -0.25) is 14.4 Å². The molecule has 2 aliphatic carbocycles. The number of carbonyl (C=O) groups excluding carboxylic acids is 3. The zero-order chi connectivity index (χ0) is 38.7. The van der Waals surface area contributed by atoms with Gasteiger partial charge in [0.2, 0.25) is 5.91 Å². The van der Waals surface area contributed by atoms with E-state index >= 15 is 0 Å². The van der Waals surface area contributed by atoms with Crippen LogP contribution in [0, 0.1) is 0 Å². The summed E-state index contributed by atoms with van der Waals surface area (Å²) in [6.07, 6.45) is 6.95. The van der Waals surface area contributed by atoms with Crippen LogP contribution in [0.25, 0.3) is 11.1 Å². The molecule has 56 heavy (non-hydrogen) atoms. The van der Waals surface area contributed by atoms with Crippen molar-refractivity contribution in [2.45, 2.75) is 95.4 Å². The Balaban J connectivity index is 1.11. The Morgan fingerprint density at radius 1 is 0.696 bits per heavy atom. The van der Waals surface area contributed by atoms with E-state index in [9.17, 15) is 14.4 Å². The van der Waals surface area contributed by atoms with Crippen molar-refractivity contribution in [2.75, 3.05) is 12.4 Å². The molecule has 10 heteroatoms. The fraction of sp³-hybridized carbons (Fsp3) is 0.348. The van der Waals surface area contributed by atoms with Gasteiger partial charge in [0.05, 0.1) is 37.5 Å². The number of nitrogens with zero attached hydrogens (tertiary/aromatic N) is 3. The number of rotatable bonds is 14. The molecule has 0 aliphatic heterocycles. The molecular formula is C46H51N5O5. The molecule has 3 amide bonds. The molecule has 4 atom stereocenters. The van der Waals surface area contributed by atoms with Gasteiger partial charge in [-0.1, -0.05) is 135 Å².